The Morgan fingerprint density at radius 2 is 1.36 bits per heavy atom. The van der Waals surface area contributed by atoms with E-state index in [1.165, 1.54) is 0 Å². The number of hydrogen-bond donors (Lipinski definition) is 0. The van der Waals surface area contributed by atoms with Crippen molar-refractivity contribution in [2.45, 2.75) is 12.3 Å². The summed E-state index contributed by atoms with van der Waals surface area (Å²) < 4.78 is 61.0. The molecule has 0 saturated carbocycles. The Labute approximate surface area is 63.1 Å². The zero-order valence-corrected chi connectivity index (χ0v) is 6.52. The first-order valence-electron chi connectivity index (χ1n) is 2.38. The summed E-state index contributed by atoms with van der Waals surface area (Å²) in [6, 6.07) is 0. The zero-order valence-electron chi connectivity index (χ0n) is 5.71. The quantitative estimate of drug-likeness (QED) is 0.485. The highest BCUT2D eigenvalue weighted by atomic mass is 32.2. The van der Waals surface area contributed by atoms with Crippen LogP contribution in [0.3, 0.4) is 0 Å². The largest absolute Gasteiger partial charge is 0.496 e. The minimum Gasteiger partial charge on any atom is -0.163 e. The fourth-order valence-corrected chi connectivity index (χ4v) is 0.770. The van der Waals surface area contributed by atoms with E-state index in [1.54, 1.807) is 0 Å². The lowest BCUT2D eigenvalue weighted by Gasteiger charge is -2.14. The second-order valence-electron chi connectivity index (χ2n) is 1.84. The SMILES string of the molecule is C[S+](C)OC(F)(F)C(F)(F)F. The Morgan fingerprint density at radius 3 is 1.45 bits per heavy atom. The van der Waals surface area contributed by atoms with Crippen molar-refractivity contribution in [2.24, 2.45) is 0 Å². The lowest BCUT2D eigenvalue weighted by atomic mass is 10.6. The summed E-state index contributed by atoms with van der Waals surface area (Å²) >= 11 is -1.40. The van der Waals surface area contributed by atoms with E-state index in [-0.39, 0.29) is 0 Å². The fourth-order valence-electron chi connectivity index (χ4n) is 0.257. The maximum absolute atomic E-state index is 11.8. The molecule has 0 aromatic rings. The number of hydrogen-bond acceptors (Lipinski definition) is 1. The van der Waals surface area contributed by atoms with Gasteiger partial charge < -0.3 is 0 Å². The molecule has 0 amide bonds. The maximum atomic E-state index is 11.8. The lowest BCUT2D eigenvalue weighted by molar-refractivity contribution is -0.357. The molecule has 0 N–H and O–H groups in total. The molecule has 0 atom stereocenters. The van der Waals surface area contributed by atoms with Crippen molar-refractivity contribution in [3.05, 3.63) is 0 Å². The Kier molecular flexibility index (Phi) is 3.13. The number of halogens is 5. The van der Waals surface area contributed by atoms with Crippen LogP contribution in [-0.2, 0) is 15.4 Å². The third-order valence-corrected chi connectivity index (χ3v) is 1.14. The van der Waals surface area contributed by atoms with E-state index >= 15 is 0 Å². The highest BCUT2D eigenvalue weighted by Crippen LogP contribution is 2.37. The fraction of sp³-hybridized carbons (Fsp3) is 1.00. The minimum absolute atomic E-state index is 1.12. The van der Waals surface area contributed by atoms with Gasteiger partial charge in [0.2, 0.25) is 0 Å². The smallest absolute Gasteiger partial charge is 0.163 e. The van der Waals surface area contributed by atoms with Crippen molar-refractivity contribution in [3.8, 4) is 0 Å². The van der Waals surface area contributed by atoms with Gasteiger partial charge in [-0.2, -0.15) is 22.0 Å². The molecule has 0 aromatic carbocycles. The second-order valence-corrected chi connectivity index (χ2v) is 3.49. The molecule has 0 radical (unpaired) electrons. The topological polar surface area (TPSA) is 9.23 Å². The predicted octanol–water partition coefficient (Wildman–Crippen LogP) is 1.95. The van der Waals surface area contributed by atoms with Gasteiger partial charge in [0.1, 0.15) is 23.7 Å². The van der Waals surface area contributed by atoms with Crippen LogP contribution in [-0.4, -0.2) is 24.8 Å². The van der Waals surface area contributed by atoms with Gasteiger partial charge >= 0.3 is 12.3 Å². The molecular weight excluding hydrogens is 191 g/mol. The number of rotatable bonds is 2. The Morgan fingerprint density at radius 1 is 1.00 bits per heavy atom. The van der Waals surface area contributed by atoms with Crippen LogP contribution in [0.15, 0.2) is 0 Å². The molecular formula is C4H6F5OS+. The summed E-state index contributed by atoms with van der Waals surface area (Å²) in [5.74, 6) is 0. The van der Waals surface area contributed by atoms with Crippen molar-refractivity contribution < 1.29 is 26.1 Å². The average molecular weight is 197 g/mol. The van der Waals surface area contributed by atoms with Crippen molar-refractivity contribution in [3.63, 3.8) is 0 Å². The molecule has 0 fully saturated rings. The Hall–Kier alpha value is -0.0400. The van der Waals surface area contributed by atoms with Gasteiger partial charge in [0.25, 0.3) is 0 Å². The lowest BCUT2D eigenvalue weighted by Crippen LogP contribution is -2.40. The molecule has 0 aliphatic heterocycles. The summed E-state index contributed by atoms with van der Waals surface area (Å²) in [5, 5.41) is 0. The molecule has 11 heavy (non-hydrogen) atoms. The minimum atomic E-state index is -5.62. The molecule has 0 aromatic heterocycles. The van der Waals surface area contributed by atoms with Crippen molar-refractivity contribution >= 4 is 11.2 Å². The van der Waals surface area contributed by atoms with Crippen LogP contribution in [0.4, 0.5) is 22.0 Å². The van der Waals surface area contributed by atoms with E-state index in [9.17, 15) is 22.0 Å². The second kappa shape index (κ2) is 3.14. The molecule has 0 spiro atoms. The van der Waals surface area contributed by atoms with E-state index in [0.717, 1.165) is 12.5 Å². The first-order valence-corrected chi connectivity index (χ1v) is 4.35. The van der Waals surface area contributed by atoms with Gasteiger partial charge in [-0.1, -0.05) is 4.18 Å². The van der Waals surface area contributed by atoms with Gasteiger partial charge in [0, 0.05) is 0 Å². The molecule has 68 valence electrons. The van der Waals surface area contributed by atoms with Crippen LogP contribution >= 0.6 is 0 Å². The molecule has 7 heteroatoms. The van der Waals surface area contributed by atoms with Crippen molar-refractivity contribution in [2.75, 3.05) is 12.5 Å². The number of alkyl halides is 5. The van der Waals surface area contributed by atoms with Crippen molar-refractivity contribution in [1.82, 2.24) is 0 Å². The average Bonchev–Trinajstić information content (AvgIpc) is 1.56. The predicted molar refractivity (Wildman–Crippen MR) is 31.3 cm³/mol. The van der Waals surface area contributed by atoms with E-state index in [0.29, 0.717) is 0 Å². The van der Waals surface area contributed by atoms with Crippen LogP contribution in [0.2, 0.25) is 0 Å². The van der Waals surface area contributed by atoms with E-state index in [1.807, 2.05) is 0 Å². The first kappa shape index (κ1) is 11.0. The molecule has 0 bridgehead atoms. The molecule has 0 rings (SSSR count). The first-order chi connectivity index (χ1) is 4.67. The Balaban J connectivity index is 4.22. The zero-order chi connectivity index (χ0) is 9.28. The third kappa shape index (κ3) is 3.24. The normalized spacial score (nSPS) is 14.2. The van der Waals surface area contributed by atoms with E-state index in [2.05, 4.69) is 4.18 Å². The van der Waals surface area contributed by atoms with Crippen LogP contribution < -0.4 is 0 Å². The molecule has 0 saturated heterocycles. The molecule has 1 nitrogen and oxygen atoms in total. The third-order valence-electron chi connectivity index (χ3n) is 0.601. The monoisotopic (exact) mass is 197 g/mol. The van der Waals surface area contributed by atoms with Crippen LogP contribution in [0, 0.1) is 0 Å². The van der Waals surface area contributed by atoms with Gasteiger partial charge in [-0.15, -0.1) is 0 Å². The highest BCUT2D eigenvalue weighted by molar-refractivity contribution is 7.90. The molecule has 0 aliphatic rings. The maximum Gasteiger partial charge on any atom is 0.496 e. The van der Waals surface area contributed by atoms with Gasteiger partial charge in [0.15, 0.2) is 0 Å². The van der Waals surface area contributed by atoms with Gasteiger partial charge in [0.05, 0.1) is 0 Å². The standard InChI is InChI=1S/C4H6F5OS/c1-11(2)10-4(8,9)3(5,6)7/h1-2H3/q+1. The summed E-state index contributed by atoms with van der Waals surface area (Å²) in [6.07, 6.45) is -8.40. The summed E-state index contributed by atoms with van der Waals surface area (Å²) in [5.41, 5.74) is 0. The van der Waals surface area contributed by atoms with E-state index in [4.69, 9.17) is 0 Å². The van der Waals surface area contributed by atoms with Crippen LogP contribution in [0.1, 0.15) is 0 Å². The van der Waals surface area contributed by atoms with Gasteiger partial charge in [-0.3, -0.25) is 0 Å². The molecule has 0 heterocycles. The van der Waals surface area contributed by atoms with Crippen molar-refractivity contribution in [1.29, 1.82) is 0 Å². The summed E-state index contributed by atoms with van der Waals surface area (Å²) in [6.45, 7) is 0. The molecule has 0 aliphatic carbocycles. The summed E-state index contributed by atoms with van der Waals surface area (Å²) in [7, 11) is 0. The van der Waals surface area contributed by atoms with Gasteiger partial charge in [-0.25, -0.2) is 0 Å². The molecule has 0 unspecified atom stereocenters. The Bertz CT molecular complexity index is 131. The van der Waals surface area contributed by atoms with E-state index < -0.39 is 23.5 Å². The van der Waals surface area contributed by atoms with Crippen LogP contribution in [0.25, 0.3) is 0 Å². The van der Waals surface area contributed by atoms with Gasteiger partial charge in [-0.05, 0) is 0 Å². The summed E-state index contributed by atoms with van der Waals surface area (Å²) in [4.78, 5) is 0. The van der Waals surface area contributed by atoms with Crippen LogP contribution in [0.5, 0.6) is 0 Å². The highest BCUT2D eigenvalue weighted by Gasteiger charge is 2.63.